The van der Waals surface area contributed by atoms with E-state index in [0.717, 1.165) is 38.5 Å². The summed E-state index contributed by atoms with van der Waals surface area (Å²) in [6.07, 6.45) is 9.34. The van der Waals surface area contributed by atoms with Crippen molar-refractivity contribution in [3.8, 4) is 0 Å². The van der Waals surface area contributed by atoms with Crippen LogP contribution in [0.1, 0.15) is 72.6 Å². The Morgan fingerprint density at radius 3 is 2.85 bits per heavy atom. The van der Waals surface area contributed by atoms with Gasteiger partial charge in [0.25, 0.3) is 0 Å². The summed E-state index contributed by atoms with van der Waals surface area (Å²) in [5.74, 6) is 1.27. The van der Waals surface area contributed by atoms with E-state index in [-0.39, 0.29) is 11.3 Å². The lowest BCUT2D eigenvalue weighted by molar-refractivity contribution is -0.128. The Labute approximate surface area is 123 Å². The molecule has 0 aliphatic heterocycles. The molecule has 2 rings (SSSR count). The SMILES string of the molecule is C[C@H](CCCC(C)(C)O)C1=CC[C@@H]2C(=O)CCC[C@@]12C. The zero-order chi connectivity index (χ0) is 15.0. The molecule has 0 heterocycles. The van der Waals surface area contributed by atoms with Crippen molar-refractivity contribution in [1.29, 1.82) is 0 Å². The van der Waals surface area contributed by atoms with E-state index in [1.165, 1.54) is 12.0 Å². The van der Waals surface area contributed by atoms with Crippen LogP contribution in [-0.2, 0) is 4.79 Å². The molecule has 0 radical (unpaired) electrons. The number of allylic oxidation sites excluding steroid dienone is 2. The molecule has 2 heteroatoms. The molecule has 3 atom stereocenters. The smallest absolute Gasteiger partial charge is 0.137 e. The molecular weight excluding hydrogens is 248 g/mol. The molecule has 20 heavy (non-hydrogen) atoms. The Bertz CT molecular complexity index is 402. The van der Waals surface area contributed by atoms with Crippen LogP contribution in [0.25, 0.3) is 0 Å². The van der Waals surface area contributed by atoms with Crippen LogP contribution in [0.3, 0.4) is 0 Å². The highest BCUT2D eigenvalue weighted by Gasteiger charge is 2.47. The Hall–Kier alpha value is -0.630. The number of Topliss-reactive ketones (excluding diaryl/α,β-unsaturated/α-hetero) is 1. The van der Waals surface area contributed by atoms with Crippen molar-refractivity contribution in [2.75, 3.05) is 0 Å². The van der Waals surface area contributed by atoms with Gasteiger partial charge in [0.05, 0.1) is 5.60 Å². The van der Waals surface area contributed by atoms with Gasteiger partial charge < -0.3 is 5.11 Å². The Morgan fingerprint density at radius 1 is 1.50 bits per heavy atom. The van der Waals surface area contributed by atoms with Gasteiger partial charge in [-0.25, -0.2) is 0 Å². The molecule has 0 bridgehead atoms. The van der Waals surface area contributed by atoms with E-state index in [1.807, 2.05) is 13.8 Å². The van der Waals surface area contributed by atoms with E-state index in [9.17, 15) is 9.90 Å². The predicted octanol–water partition coefficient (Wildman–Crippen LogP) is 4.27. The molecule has 0 unspecified atom stereocenters. The minimum atomic E-state index is -0.559. The number of hydrogen-bond donors (Lipinski definition) is 1. The van der Waals surface area contributed by atoms with Gasteiger partial charge in [0.1, 0.15) is 5.78 Å². The van der Waals surface area contributed by atoms with E-state index in [4.69, 9.17) is 0 Å². The van der Waals surface area contributed by atoms with E-state index < -0.39 is 5.60 Å². The zero-order valence-electron chi connectivity index (χ0n) is 13.5. The van der Waals surface area contributed by atoms with Crippen molar-refractivity contribution < 1.29 is 9.90 Å². The maximum atomic E-state index is 12.1. The molecule has 2 aliphatic rings. The van der Waals surface area contributed by atoms with Gasteiger partial charge >= 0.3 is 0 Å². The number of ketones is 1. The Balaban J connectivity index is 1.97. The highest BCUT2D eigenvalue weighted by atomic mass is 16.3. The van der Waals surface area contributed by atoms with Crippen molar-refractivity contribution in [2.45, 2.75) is 78.2 Å². The Kier molecular flexibility index (Phi) is 4.44. The summed E-state index contributed by atoms with van der Waals surface area (Å²) in [4.78, 5) is 12.1. The maximum Gasteiger partial charge on any atom is 0.137 e. The molecule has 2 aliphatic carbocycles. The second kappa shape index (κ2) is 5.63. The van der Waals surface area contributed by atoms with Crippen molar-refractivity contribution >= 4 is 5.78 Å². The molecule has 1 N–H and O–H groups in total. The summed E-state index contributed by atoms with van der Waals surface area (Å²) < 4.78 is 0. The van der Waals surface area contributed by atoms with Gasteiger partial charge in [0, 0.05) is 12.3 Å². The number of fused-ring (bicyclic) bond motifs is 1. The third-order valence-electron chi connectivity index (χ3n) is 5.47. The molecule has 0 spiro atoms. The van der Waals surface area contributed by atoms with Crippen LogP contribution < -0.4 is 0 Å². The highest BCUT2D eigenvalue weighted by Crippen LogP contribution is 2.53. The van der Waals surface area contributed by atoms with E-state index in [1.54, 1.807) is 0 Å². The summed E-state index contributed by atoms with van der Waals surface area (Å²) in [6.45, 7) is 8.36. The first-order valence-electron chi connectivity index (χ1n) is 8.20. The molecule has 1 saturated carbocycles. The van der Waals surface area contributed by atoms with Gasteiger partial charge in [-0.15, -0.1) is 0 Å². The molecule has 1 fully saturated rings. The molecule has 0 aromatic rings. The lowest BCUT2D eigenvalue weighted by Crippen LogP contribution is -2.36. The average Bonchev–Trinajstić information content (AvgIpc) is 2.66. The van der Waals surface area contributed by atoms with Gasteiger partial charge in [-0.1, -0.05) is 31.9 Å². The highest BCUT2D eigenvalue weighted by molar-refractivity contribution is 5.84. The quantitative estimate of drug-likeness (QED) is 0.763. The normalized spacial score (nSPS) is 31.9. The van der Waals surface area contributed by atoms with Gasteiger partial charge in [0.2, 0.25) is 0 Å². The fraction of sp³-hybridized carbons (Fsp3) is 0.833. The molecule has 114 valence electrons. The van der Waals surface area contributed by atoms with Gasteiger partial charge in [0.15, 0.2) is 0 Å². The van der Waals surface area contributed by atoms with Crippen LogP contribution >= 0.6 is 0 Å². The lowest BCUT2D eigenvalue weighted by Gasteiger charge is -2.40. The summed E-state index contributed by atoms with van der Waals surface area (Å²) in [5.41, 5.74) is 1.09. The van der Waals surface area contributed by atoms with Crippen molar-refractivity contribution in [3.63, 3.8) is 0 Å². The first kappa shape index (κ1) is 15.8. The van der Waals surface area contributed by atoms with Gasteiger partial charge in [-0.3, -0.25) is 4.79 Å². The summed E-state index contributed by atoms with van der Waals surface area (Å²) in [5, 5.41) is 9.81. The van der Waals surface area contributed by atoms with Crippen LogP contribution in [0.15, 0.2) is 11.6 Å². The third kappa shape index (κ3) is 3.16. The molecule has 0 amide bonds. The summed E-state index contributed by atoms with van der Waals surface area (Å²) in [7, 11) is 0. The lowest BCUT2D eigenvalue weighted by atomic mass is 9.63. The minimum absolute atomic E-state index is 0.128. The van der Waals surface area contributed by atoms with E-state index >= 15 is 0 Å². The third-order valence-corrected chi connectivity index (χ3v) is 5.47. The van der Waals surface area contributed by atoms with Crippen molar-refractivity contribution in [2.24, 2.45) is 17.3 Å². The Morgan fingerprint density at radius 2 is 2.20 bits per heavy atom. The van der Waals surface area contributed by atoms with Crippen LogP contribution in [0.2, 0.25) is 0 Å². The van der Waals surface area contributed by atoms with Gasteiger partial charge in [-0.05, 0) is 57.3 Å². The largest absolute Gasteiger partial charge is 0.390 e. The molecule has 0 aromatic carbocycles. The van der Waals surface area contributed by atoms with E-state index in [2.05, 4.69) is 19.9 Å². The minimum Gasteiger partial charge on any atom is -0.390 e. The van der Waals surface area contributed by atoms with Crippen LogP contribution in [0.5, 0.6) is 0 Å². The average molecular weight is 278 g/mol. The first-order valence-corrected chi connectivity index (χ1v) is 8.20. The van der Waals surface area contributed by atoms with Crippen molar-refractivity contribution in [3.05, 3.63) is 11.6 Å². The standard InChI is InChI=1S/C18H30O2/c1-13(7-5-11-17(2,3)20)14-9-10-15-16(19)8-6-12-18(14,15)4/h9,13,15,20H,5-8,10-12H2,1-4H3/t13-,15-,18+/m1/s1. The fourth-order valence-electron chi connectivity index (χ4n) is 4.31. The summed E-state index contributed by atoms with van der Waals surface area (Å²) in [6, 6.07) is 0. The molecule has 0 aromatic heterocycles. The monoisotopic (exact) mass is 278 g/mol. The van der Waals surface area contributed by atoms with Gasteiger partial charge in [-0.2, -0.15) is 0 Å². The number of aliphatic hydroxyl groups is 1. The maximum absolute atomic E-state index is 12.1. The molecule has 2 nitrogen and oxygen atoms in total. The molecular formula is C18H30O2. The first-order chi connectivity index (χ1) is 9.24. The van der Waals surface area contributed by atoms with Crippen LogP contribution in [0, 0.1) is 17.3 Å². The van der Waals surface area contributed by atoms with Crippen LogP contribution in [0.4, 0.5) is 0 Å². The van der Waals surface area contributed by atoms with E-state index in [0.29, 0.717) is 11.7 Å². The van der Waals surface area contributed by atoms with Crippen molar-refractivity contribution in [1.82, 2.24) is 0 Å². The molecule has 0 saturated heterocycles. The second-order valence-electron chi connectivity index (χ2n) is 7.79. The number of hydrogen-bond acceptors (Lipinski definition) is 2. The number of carbonyl (C=O) groups is 1. The second-order valence-corrected chi connectivity index (χ2v) is 7.79. The topological polar surface area (TPSA) is 37.3 Å². The zero-order valence-corrected chi connectivity index (χ0v) is 13.5. The fourth-order valence-corrected chi connectivity index (χ4v) is 4.31. The van der Waals surface area contributed by atoms with Crippen LogP contribution in [-0.4, -0.2) is 16.5 Å². The number of rotatable bonds is 5. The number of carbonyl (C=O) groups excluding carboxylic acids is 1. The predicted molar refractivity (Wildman–Crippen MR) is 82.5 cm³/mol. The summed E-state index contributed by atoms with van der Waals surface area (Å²) >= 11 is 0.